The molecule has 0 amide bonds. The maximum absolute atomic E-state index is 11.3. The van der Waals surface area contributed by atoms with E-state index in [-0.39, 0.29) is 29.6 Å². The standard InChI is InChI=1S/C8H14O7S.Na.H/c1-3-5(2)15-8(11)6(4-7(9)10)16(12,13)14;;/h5-6H,3-4H2,1-2H3,(H,9,10)(H,12,13,14);;. The predicted octanol–water partition coefficient (Wildman–Crippen LogP) is -0.589. The molecule has 0 saturated carbocycles. The zero-order chi connectivity index (χ0) is 12.9. The summed E-state index contributed by atoms with van der Waals surface area (Å²) in [6.07, 6.45) is -1.10. The molecule has 9 heteroatoms. The Balaban J connectivity index is 0. The summed E-state index contributed by atoms with van der Waals surface area (Å²) < 4.78 is 34.9. The first-order chi connectivity index (χ1) is 7.18. The van der Waals surface area contributed by atoms with E-state index in [0.717, 1.165) is 0 Å². The van der Waals surface area contributed by atoms with E-state index >= 15 is 0 Å². The van der Waals surface area contributed by atoms with E-state index in [0.29, 0.717) is 6.42 Å². The minimum atomic E-state index is -4.77. The monoisotopic (exact) mass is 278 g/mol. The molecule has 0 fully saturated rings. The number of hydrogen-bond donors (Lipinski definition) is 2. The Morgan fingerprint density at radius 1 is 1.35 bits per heavy atom. The summed E-state index contributed by atoms with van der Waals surface area (Å²) in [4.78, 5) is 21.6. The van der Waals surface area contributed by atoms with Gasteiger partial charge in [0.25, 0.3) is 10.1 Å². The molecule has 0 aliphatic rings. The number of hydrogen-bond acceptors (Lipinski definition) is 5. The van der Waals surface area contributed by atoms with Crippen molar-refractivity contribution in [2.75, 3.05) is 0 Å². The van der Waals surface area contributed by atoms with Crippen LogP contribution in [0.5, 0.6) is 0 Å². The van der Waals surface area contributed by atoms with E-state index in [1.54, 1.807) is 6.92 Å². The minimum absolute atomic E-state index is 0. The second-order valence-electron chi connectivity index (χ2n) is 3.26. The molecule has 2 atom stereocenters. The summed E-state index contributed by atoms with van der Waals surface area (Å²) in [7, 11) is -4.77. The van der Waals surface area contributed by atoms with Crippen LogP contribution in [0.25, 0.3) is 0 Å². The Kier molecular flexibility index (Phi) is 9.08. The fourth-order valence-corrected chi connectivity index (χ4v) is 1.48. The number of rotatable bonds is 6. The molecule has 0 bridgehead atoms. The fraction of sp³-hybridized carbons (Fsp3) is 0.750. The van der Waals surface area contributed by atoms with Gasteiger partial charge < -0.3 is 9.84 Å². The van der Waals surface area contributed by atoms with Gasteiger partial charge in [0, 0.05) is 0 Å². The molecule has 7 nitrogen and oxygen atoms in total. The summed E-state index contributed by atoms with van der Waals surface area (Å²) in [6.45, 7) is 3.23. The molecule has 0 aromatic carbocycles. The van der Waals surface area contributed by atoms with E-state index in [9.17, 15) is 18.0 Å². The Morgan fingerprint density at radius 2 is 1.82 bits per heavy atom. The number of carboxylic acids is 1. The number of carbonyl (C=O) groups is 2. The van der Waals surface area contributed by atoms with Crippen molar-refractivity contribution in [3.8, 4) is 0 Å². The molecular formula is C8H15NaO7S. The van der Waals surface area contributed by atoms with Crippen molar-refractivity contribution in [1.29, 1.82) is 0 Å². The van der Waals surface area contributed by atoms with Crippen LogP contribution in [-0.2, 0) is 24.4 Å². The van der Waals surface area contributed by atoms with Gasteiger partial charge in [0.05, 0.1) is 12.5 Å². The molecule has 0 saturated heterocycles. The SMILES string of the molecule is CCC(C)OC(=O)C(CC(=O)O)S(=O)(=O)O.[NaH]. The zero-order valence-corrected chi connectivity index (χ0v) is 9.73. The van der Waals surface area contributed by atoms with Crippen molar-refractivity contribution in [2.24, 2.45) is 0 Å². The molecule has 0 radical (unpaired) electrons. The molecule has 2 N–H and O–H groups in total. The molecule has 0 aromatic heterocycles. The third-order valence-electron chi connectivity index (χ3n) is 1.87. The average Bonchev–Trinajstić information content (AvgIpc) is 2.11. The number of ether oxygens (including phenoxy) is 1. The van der Waals surface area contributed by atoms with Gasteiger partial charge in [-0.3, -0.25) is 14.1 Å². The Labute approximate surface area is 122 Å². The summed E-state index contributed by atoms with van der Waals surface area (Å²) in [5, 5.41) is 6.33. The van der Waals surface area contributed by atoms with Crippen LogP contribution in [-0.4, -0.2) is 70.9 Å². The van der Waals surface area contributed by atoms with E-state index in [4.69, 9.17) is 9.66 Å². The molecule has 2 unspecified atom stereocenters. The van der Waals surface area contributed by atoms with Crippen LogP contribution in [0.4, 0.5) is 0 Å². The van der Waals surface area contributed by atoms with E-state index in [1.165, 1.54) is 6.92 Å². The first-order valence-electron chi connectivity index (χ1n) is 4.57. The Morgan fingerprint density at radius 3 is 2.12 bits per heavy atom. The Hall–Kier alpha value is -0.150. The fourth-order valence-electron chi connectivity index (χ4n) is 0.826. The number of esters is 1. The predicted molar refractivity (Wildman–Crippen MR) is 60.6 cm³/mol. The molecule has 0 aromatic rings. The molecular weight excluding hydrogens is 263 g/mol. The molecule has 0 spiro atoms. The summed E-state index contributed by atoms with van der Waals surface area (Å²) in [5.41, 5.74) is 0. The topological polar surface area (TPSA) is 118 Å². The quantitative estimate of drug-likeness (QED) is 0.378. The van der Waals surface area contributed by atoms with Gasteiger partial charge in [0.1, 0.15) is 0 Å². The number of aliphatic carboxylic acids is 1. The van der Waals surface area contributed by atoms with Gasteiger partial charge in [-0.15, -0.1) is 0 Å². The van der Waals surface area contributed by atoms with Crippen molar-refractivity contribution in [1.82, 2.24) is 0 Å². The second kappa shape index (κ2) is 8.04. The normalized spacial score (nSPS) is 14.3. The molecule has 17 heavy (non-hydrogen) atoms. The van der Waals surface area contributed by atoms with Crippen molar-refractivity contribution in [3.05, 3.63) is 0 Å². The van der Waals surface area contributed by atoms with Gasteiger partial charge in [0.15, 0.2) is 5.25 Å². The molecule has 0 rings (SSSR count). The summed E-state index contributed by atoms with van der Waals surface area (Å²) in [5.74, 6) is -2.76. The number of carboxylic acid groups (broad SMARTS) is 1. The third kappa shape index (κ3) is 7.72. The maximum atomic E-state index is 11.3. The van der Waals surface area contributed by atoms with Crippen LogP contribution in [0, 0.1) is 0 Å². The molecule has 0 aliphatic heterocycles. The van der Waals surface area contributed by atoms with Gasteiger partial charge >= 0.3 is 41.5 Å². The molecule has 0 aliphatic carbocycles. The van der Waals surface area contributed by atoms with E-state index < -0.39 is 39.8 Å². The van der Waals surface area contributed by atoms with Crippen molar-refractivity contribution in [2.45, 2.75) is 38.0 Å². The van der Waals surface area contributed by atoms with Crippen LogP contribution in [0.2, 0.25) is 0 Å². The average molecular weight is 278 g/mol. The van der Waals surface area contributed by atoms with Crippen molar-refractivity contribution >= 4 is 51.6 Å². The number of carbonyl (C=O) groups excluding carboxylic acids is 1. The van der Waals surface area contributed by atoms with Gasteiger partial charge in [0.2, 0.25) is 0 Å². The van der Waals surface area contributed by atoms with Crippen LogP contribution in [0.3, 0.4) is 0 Å². The first kappa shape index (κ1) is 19.2. The molecule has 0 heterocycles. The van der Waals surface area contributed by atoms with E-state index in [2.05, 4.69) is 4.74 Å². The van der Waals surface area contributed by atoms with Gasteiger partial charge in [-0.2, -0.15) is 8.42 Å². The van der Waals surface area contributed by atoms with Gasteiger partial charge in [-0.25, -0.2) is 0 Å². The van der Waals surface area contributed by atoms with Crippen LogP contribution in [0.1, 0.15) is 26.7 Å². The van der Waals surface area contributed by atoms with Crippen LogP contribution >= 0.6 is 0 Å². The summed E-state index contributed by atoms with van der Waals surface area (Å²) in [6, 6.07) is 0. The van der Waals surface area contributed by atoms with Gasteiger partial charge in [-0.05, 0) is 13.3 Å². The van der Waals surface area contributed by atoms with Crippen LogP contribution in [0.15, 0.2) is 0 Å². The first-order valence-corrected chi connectivity index (χ1v) is 6.07. The van der Waals surface area contributed by atoms with Crippen molar-refractivity contribution < 1.29 is 32.4 Å². The Bertz CT molecular complexity index is 364. The van der Waals surface area contributed by atoms with Gasteiger partial charge in [-0.1, -0.05) is 6.92 Å². The van der Waals surface area contributed by atoms with Crippen LogP contribution < -0.4 is 0 Å². The van der Waals surface area contributed by atoms with Crippen molar-refractivity contribution in [3.63, 3.8) is 0 Å². The third-order valence-corrected chi connectivity index (χ3v) is 2.95. The van der Waals surface area contributed by atoms with E-state index in [1.807, 2.05) is 0 Å². The second-order valence-corrected chi connectivity index (χ2v) is 4.86. The molecule has 96 valence electrons. The summed E-state index contributed by atoms with van der Waals surface area (Å²) >= 11 is 0. The zero-order valence-electron chi connectivity index (χ0n) is 8.91.